The molecule has 0 bridgehead atoms. The highest BCUT2D eigenvalue weighted by Gasteiger charge is 2.19. The van der Waals surface area contributed by atoms with Crippen molar-refractivity contribution < 1.29 is 23.1 Å². The Bertz CT molecular complexity index is 751. The number of hydrogen-bond acceptors (Lipinski definition) is 4. The first-order valence-corrected chi connectivity index (χ1v) is 8.82. The molecule has 1 N–H and O–H groups in total. The van der Waals surface area contributed by atoms with Crippen LogP contribution >= 0.6 is 0 Å². The van der Waals surface area contributed by atoms with E-state index in [1.807, 2.05) is 18.2 Å². The number of sulfone groups is 1. The standard InChI is InChI=1S/C17H18O5S/c1-13(17(18)19)11-12-23(20,21)16-9-7-15(8-10-16)22-14-5-3-2-4-6-14/h2-10,13H,11-12H2,1H3,(H,18,19). The molecule has 122 valence electrons. The minimum Gasteiger partial charge on any atom is -0.481 e. The minimum atomic E-state index is -3.50. The van der Waals surface area contributed by atoms with Gasteiger partial charge >= 0.3 is 5.97 Å². The van der Waals surface area contributed by atoms with Gasteiger partial charge in [0.05, 0.1) is 16.6 Å². The zero-order valence-electron chi connectivity index (χ0n) is 12.7. The van der Waals surface area contributed by atoms with Crippen molar-refractivity contribution >= 4 is 15.8 Å². The van der Waals surface area contributed by atoms with Gasteiger partial charge in [0.25, 0.3) is 0 Å². The molecule has 2 rings (SSSR count). The Morgan fingerprint density at radius 2 is 1.61 bits per heavy atom. The summed E-state index contributed by atoms with van der Waals surface area (Å²) in [5.41, 5.74) is 0. The highest BCUT2D eigenvalue weighted by atomic mass is 32.2. The number of ether oxygens (including phenoxy) is 1. The summed E-state index contributed by atoms with van der Waals surface area (Å²) < 4.78 is 30.0. The fourth-order valence-electron chi connectivity index (χ4n) is 1.91. The Morgan fingerprint density at radius 3 is 2.17 bits per heavy atom. The highest BCUT2D eigenvalue weighted by molar-refractivity contribution is 7.91. The summed E-state index contributed by atoms with van der Waals surface area (Å²) in [5.74, 6) is -0.677. The molecule has 2 aromatic carbocycles. The zero-order valence-corrected chi connectivity index (χ0v) is 13.5. The number of aliphatic carboxylic acids is 1. The molecule has 2 aromatic rings. The number of carboxylic acids is 1. The fourth-order valence-corrected chi connectivity index (χ4v) is 3.36. The summed E-state index contributed by atoms with van der Waals surface area (Å²) in [5, 5.41) is 8.81. The molecule has 1 unspecified atom stereocenters. The summed E-state index contributed by atoms with van der Waals surface area (Å²) in [6, 6.07) is 15.3. The third kappa shape index (κ3) is 4.82. The Balaban J connectivity index is 2.05. The third-order valence-corrected chi connectivity index (χ3v) is 5.17. The van der Waals surface area contributed by atoms with Gasteiger partial charge in [-0.05, 0) is 42.8 Å². The SMILES string of the molecule is CC(CCS(=O)(=O)c1ccc(Oc2ccccc2)cc1)C(=O)O. The normalized spacial score (nSPS) is 12.6. The molecule has 0 aromatic heterocycles. The number of rotatable bonds is 7. The Kier molecular flexibility index (Phi) is 5.39. The van der Waals surface area contributed by atoms with E-state index in [9.17, 15) is 13.2 Å². The lowest BCUT2D eigenvalue weighted by Crippen LogP contribution is -2.15. The molecule has 5 nitrogen and oxygen atoms in total. The largest absolute Gasteiger partial charge is 0.481 e. The van der Waals surface area contributed by atoms with Crippen molar-refractivity contribution in [2.24, 2.45) is 5.92 Å². The molecule has 0 saturated carbocycles. The van der Waals surface area contributed by atoms with Gasteiger partial charge in [0, 0.05) is 0 Å². The van der Waals surface area contributed by atoms with Crippen molar-refractivity contribution in [1.82, 2.24) is 0 Å². The maximum absolute atomic E-state index is 12.2. The molecule has 0 aliphatic rings. The van der Waals surface area contributed by atoms with Crippen molar-refractivity contribution in [2.45, 2.75) is 18.2 Å². The number of para-hydroxylation sites is 1. The first kappa shape index (κ1) is 17.0. The predicted molar refractivity (Wildman–Crippen MR) is 86.4 cm³/mol. The van der Waals surface area contributed by atoms with Crippen LogP contribution in [-0.2, 0) is 14.6 Å². The van der Waals surface area contributed by atoms with Crippen LogP contribution in [0.25, 0.3) is 0 Å². The van der Waals surface area contributed by atoms with E-state index in [1.54, 1.807) is 24.3 Å². The van der Waals surface area contributed by atoms with E-state index in [0.717, 1.165) is 0 Å². The van der Waals surface area contributed by atoms with Crippen molar-refractivity contribution in [3.63, 3.8) is 0 Å². The molecule has 23 heavy (non-hydrogen) atoms. The van der Waals surface area contributed by atoms with E-state index in [4.69, 9.17) is 9.84 Å². The van der Waals surface area contributed by atoms with Gasteiger partial charge in [-0.1, -0.05) is 25.1 Å². The van der Waals surface area contributed by atoms with Gasteiger partial charge in [-0.3, -0.25) is 4.79 Å². The first-order chi connectivity index (χ1) is 10.9. The second-order valence-electron chi connectivity index (χ2n) is 5.23. The van der Waals surface area contributed by atoms with Crippen molar-refractivity contribution in [2.75, 3.05) is 5.75 Å². The maximum Gasteiger partial charge on any atom is 0.306 e. The average molecular weight is 334 g/mol. The van der Waals surface area contributed by atoms with E-state index >= 15 is 0 Å². The van der Waals surface area contributed by atoms with Gasteiger partial charge in [0.1, 0.15) is 11.5 Å². The van der Waals surface area contributed by atoms with Gasteiger partial charge in [0.2, 0.25) is 0 Å². The van der Waals surface area contributed by atoms with Crippen LogP contribution in [0.1, 0.15) is 13.3 Å². The van der Waals surface area contributed by atoms with Crippen LogP contribution in [0.5, 0.6) is 11.5 Å². The Hall–Kier alpha value is -2.34. The number of hydrogen-bond donors (Lipinski definition) is 1. The molecule has 0 fully saturated rings. The Labute approximate surface area is 135 Å². The molecule has 0 spiro atoms. The number of carboxylic acid groups (broad SMARTS) is 1. The molecular weight excluding hydrogens is 316 g/mol. The lowest BCUT2D eigenvalue weighted by molar-refractivity contribution is -0.141. The van der Waals surface area contributed by atoms with Crippen molar-refractivity contribution in [3.05, 3.63) is 54.6 Å². The fraction of sp³-hybridized carbons (Fsp3) is 0.235. The highest BCUT2D eigenvalue weighted by Crippen LogP contribution is 2.23. The average Bonchev–Trinajstić information content (AvgIpc) is 2.54. The smallest absolute Gasteiger partial charge is 0.306 e. The summed E-state index contributed by atoms with van der Waals surface area (Å²) >= 11 is 0. The summed E-state index contributed by atoms with van der Waals surface area (Å²) in [6.45, 7) is 1.49. The van der Waals surface area contributed by atoms with Crippen molar-refractivity contribution in [1.29, 1.82) is 0 Å². The number of carbonyl (C=O) groups is 1. The molecular formula is C17H18O5S. The molecule has 0 heterocycles. The third-order valence-electron chi connectivity index (χ3n) is 3.40. The van der Waals surface area contributed by atoms with E-state index in [-0.39, 0.29) is 17.1 Å². The van der Waals surface area contributed by atoms with E-state index in [0.29, 0.717) is 11.5 Å². The lowest BCUT2D eigenvalue weighted by Gasteiger charge is -2.09. The van der Waals surface area contributed by atoms with Gasteiger partial charge in [-0.15, -0.1) is 0 Å². The molecule has 0 saturated heterocycles. The van der Waals surface area contributed by atoms with Gasteiger partial charge in [-0.25, -0.2) is 8.42 Å². The molecule has 0 amide bonds. The van der Waals surface area contributed by atoms with Gasteiger partial charge < -0.3 is 9.84 Å². The molecule has 0 aliphatic carbocycles. The second-order valence-corrected chi connectivity index (χ2v) is 7.34. The summed E-state index contributed by atoms with van der Waals surface area (Å²) in [6.07, 6.45) is 0.0833. The van der Waals surface area contributed by atoms with E-state index in [1.165, 1.54) is 19.1 Å². The predicted octanol–water partition coefficient (Wildman–Crippen LogP) is 3.36. The first-order valence-electron chi connectivity index (χ1n) is 7.17. The van der Waals surface area contributed by atoms with Gasteiger partial charge in [0.15, 0.2) is 9.84 Å². The van der Waals surface area contributed by atoms with Crippen molar-refractivity contribution in [3.8, 4) is 11.5 Å². The van der Waals surface area contributed by atoms with Crippen LogP contribution in [0.2, 0.25) is 0 Å². The van der Waals surface area contributed by atoms with Crippen LogP contribution in [0, 0.1) is 5.92 Å². The minimum absolute atomic E-state index is 0.0833. The zero-order chi connectivity index (χ0) is 16.9. The molecule has 1 atom stereocenters. The Morgan fingerprint density at radius 1 is 1.04 bits per heavy atom. The van der Waals surface area contributed by atoms with Gasteiger partial charge in [-0.2, -0.15) is 0 Å². The van der Waals surface area contributed by atoms with Crippen LogP contribution in [0.4, 0.5) is 0 Å². The number of benzene rings is 2. The topological polar surface area (TPSA) is 80.7 Å². The monoisotopic (exact) mass is 334 g/mol. The van der Waals surface area contributed by atoms with Crippen LogP contribution < -0.4 is 4.74 Å². The second kappa shape index (κ2) is 7.28. The maximum atomic E-state index is 12.2. The summed E-state index contributed by atoms with van der Waals surface area (Å²) in [7, 11) is -3.50. The lowest BCUT2D eigenvalue weighted by atomic mass is 10.1. The summed E-state index contributed by atoms with van der Waals surface area (Å²) in [4.78, 5) is 10.9. The van der Waals surface area contributed by atoms with E-state index < -0.39 is 21.7 Å². The van der Waals surface area contributed by atoms with Crippen LogP contribution in [0.15, 0.2) is 59.5 Å². The van der Waals surface area contributed by atoms with Crippen LogP contribution in [-0.4, -0.2) is 25.2 Å². The van der Waals surface area contributed by atoms with E-state index in [2.05, 4.69) is 0 Å². The molecule has 0 radical (unpaired) electrons. The quantitative estimate of drug-likeness (QED) is 0.839. The van der Waals surface area contributed by atoms with Crippen LogP contribution in [0.3, 0.4) is 0 Å². The molecule has 0 aliphatic heterocycles. The molecule has 6 heteroatoms.